The monoisotopic (exact) mass is 168 g/mol. The van der Waals surface area contributed by atoms with Crippen molar-refractivity contribution in [2.45, 2.75) is 46.1 Å². The molecule has 12 heavy (non-hydrogen) atoms. The molecule has 0 heterocycles. The van der Waals surface area contributed by atoms with E-state index in [0.717, 1.165) is 18.3 Å². The van der Waals surface area contributed by atoms with Gasteiger partial charge >= 0.3 is 0 Å². The van der Waals surface area contributed by atoms with Crippen molar-refractivity contribution >= 4 is 0 Å². The predicted molar refractivity (Wildman–Crippen MR) is 49.8 cm³/mol. The average Bonchev–Trinajstić information content (AvgIpc) is 1.99. The van der Waals surface area contributed by atoms with Gasteiger partial charge in [-0.2, -0.15) is 0 Å². The van der Waals surface area contributed by atoms with Gasteiger partial charge in [-0.1, -0.05) is 20.8 Å². The summed E-state index contributed by atoms with van der Waals surface area (Å²) in [7, 11) is 0. The van der Waals surface area contributed by atoms with Crippen LogP contribution in [0.4, 0.5) is 0 Å². The summed E-state index contributed by atoms with van der Waals surface area (Å²) in [6.07, 6.45) is 3.63. The van der Waals surface area contributed by atoms with E-state index in [-0.39, 0.29) is 6.10 Å². The summed E-state index contributed by atoms with van der Waals surface area (Å²) in [5, 5.41) is 9.85. The lowest BCUT2D eigenvalue weighted by Gasteiger charge is -2.55. The SMILES string of the molecule is CC1C2CCC(C)(CC2O)C1C. The van der Waals surface area contributed by atoms with Gasteiger partial charge in [0.2, 0.25) is 0 Å². The molecule has 1 N–H and O–H groups in total. The third-order valence-electron chi connectivity index (χ3n) is 4.78. The van der Waals surface area contributed by atoms with E-state index in [1.54, 1.807) is 0 Å². The third-order valence-corrected chi connectivity index (χ3v) is 4.78. The van der Waals surface area contributed by atoms with Crippen LogP contribution in [0.5, 0.6) is 0 Å². The third kappa shape index (κ3) is 0.953. The Balaban J connectivity index is 2.26. The van der Waals surface area contributed by atoms with Crippen LogP contribution in [0.15, 0.2) is 0 Å². The molecular weight excluding hydrogens is 148 g/mol. The summed E-state index contributed by atoms with van der Waals surface area (Å²) < 4.78 is 0. The summed E-state index contributed by atoms with van der Waals surface area (Å²) in [6, 6.07) is 0. The fourth-order valence-corrected chi connectivity index (χ4v) is 3.45. The second-order valence-corrected chi connectivity index (χ2v) is 5.28. The Morgan fingerprint density at radius 1 is 1.33 bits per heavy atom. The van der Waals surface area contributed by atoms with Crippen LogP contribution in [0.25, 0.3) is 0 Å². The Hall–Kier alpha value is -0.0400. The molecule has 3 rings (SSSR count). The highest BCUT2D eigenvalue weighted by Gasteiger charge is 2.50. The van der Waals surface area contributed by atoms with Crippen LogP contribution in [-0.2, 0) is 0 Å². The summed E-state index contributed by atoms with van der Waals surface area (Å²) in [4.78, 5) is 0. The van der Waals surface area contributed by atoms with Crippen molar-refractivity contribution in [1.29, 1.82) is 0 Å². The van der Waals surface area contributed by atoms with Gasteiger partial charge in [0.1, 0.15) is 0 Å². The van der Waals surface area contributed by atoms with E-state index in [4.69, 9.17) is 0 Å². The van der Waals surface area contributed by atoms with Gasteiger partial charge in [-0.25, -0.2) is 0 Å². The second kappa shape index (κ2) is 2.47. The smallest absolute Gasteiger partial charge is 0.0576 e. The van der Waals surface area contributed by atoms with Crippen LogP contribution in [0.1, 0.15) is 40.0 Å². The molecule has 3 fully saturated rings. The minimum Gasteiger partial charge on any atom is -0.393 e. The molecule has 0 aliphatic heterocycles. The zero-order valence-electron chi connectivity index (χ0n) is 8.38. The number of fused-ring (bicyclic) bond motifs is 3. The first-order chi connectivity index (χ1) is 5.54. The summed E-state index contributed by atoms with van der Waals surface area (Å²) in [5.74, 6) is 2.13. The largest absolute Gasteiger partial charge is 0.393 e. The molecule has 0 aromatic rings. The topological polar surface area (TPSA) is 20.2 Å². The van der Waals surface area contributed by atoms with Crippen molar-refractivity contribution in [2.75, 3.05) is 0 Å². The predicted octanol–water partition coefficient (Wildman–Crippen LogP) is 2.44. The first-order valence-corrected chi connectivity index (χ1v) is 5.23. The van der Waals surface area contributed by atoms with Gasteiger partial charge in [-0.15, -0.1) is 0 Å². The number of rotatable bonds is 0. The van der Waals surface area contributed by atoms with Crippen LogP contribution in [0.2, 0.25) is 0 Å². The van der Waals surface area contributed by atoms with Crippen molar-refractivity contribution in [1.82, 2.24) is 0 Å². The molecule has 0 spiro atoms. The number of hydrogen-bond acceptors (Lipinski definition) is 1. The highest BCUT2D eigenvalue weighted by molar-refractivity contribution is 5.00. The van der Waals surface area contributed by atoms with Crippen LogP contribution in [-0.4, -0.2) is 11.2 Å². The van der Waals surface area contributed by atoms with Crippen molar-refractivity contribution in [3.05, 3.63) is 0 Å². The molecule has 1 heteroatoms. The van der Waals surface area contributed by atoms with Crippen LogP contribution < -0.4 is 0 Å². The van der Waals surface area contributed by atoms with Gasteiger partial charge < -0.3 is 5.11 Å². The molecule has 70 valence electrons. The Bertz CT molecular complexity index is 187. The molecule has 5 unspecified atom stereocenters. The lowest BCUT2D eigenvalue weighted by molar-refractivity contribution is -0.112. The zero-order valence-corrected chi connectivity index (χ0v) is 8.38. The number of aliphatic hydroxyl groups excluding tert-OH is 1. The maximum absolute atomic E-state index is 9.85. The van der Waals surface area contributed by atoms with Gasteiger partial charge in [0.15, 0.2) is 0 Å². The molecule has 5 atom stereocenters. The maximum atomic E-state index is 9.85. The molecule has 3 aliphatic carbocycles. The Morgan fingerprint density at radius 3 is 2.50 bits per heavy atom. The van der Waals surface area contributed by atoms with Crippen molar-refractivity contribution in [3.63, 3.8) is 0 Å². The lowest BCUT2D eigenvalue weighted by Crippen LogP contribution is -2.51. The molecule has 0 radical (unpaired) electrons. The van der Waals surface area contributed by atoms with Crippen LogP contribution in [0, 0.1) is 23.2 Å². The highest BCUT2D eigenvalue weighted by Crippen LogP contribution is 2.55. The molecular formula is C11H20O. The van der Waals surface area contributed by atoms with E-state index < -0.39 is 0 Å². The number of aliphatic hydroxyl groups is 1. The summed E-state index contributed by atoms with van der Waals surface area (Å²) >= 11 is 0. The normalized spacial score (nSPS) is 59.0. The van der Waals surface area contributed by atoms with E-state index in [1.165, 1.54) is 12.8 Å². The van der Waals surface area contributed by atoms with Gasteiger partial charge in [0.25, 0.3) is 0 Å². The van der Waals surface area contributed by atoms with E-state index in [0.29, 0.717) is 11.3 Å². The molecule has 2 bridgehead atoms. The van der Waals surface area contributed by atoms with E-state index in [2.05, 4.69) is 20.8 Å². The second-order valence-electron chi connectivity index (χ2n) is 5.28. The first kappa shape index (κ1) is 8.55. The molecule has 0 saturated heterocycles. The van der Waals surface area contributed by atoms with E-state index in [1.807, 2.05) is 0 Å². The van der Waals surface area contributed by atoms with Crippen molar-refractivity contribution in [2.24, 2.45) is 23.2 Å². The fourth-order valence-electron chi connectivity index (χ4n) is 3.45. The molecule has 0 aromatic heterocycles. The van der Waals surface area contributed by atoms with Crippen molar-refractivity contribution in [3.8, 4) is 0 Å². The molecule has 0 aromatic carbocycles. The van der Waals surface area contributed by atoms with E-state index in [9.17, 15) is 5.11 Å². The molecule has 3 saturated carbocycles. The minimum absolute atomic E-state index is 0.00468. The van der Waals surface area contributed by atoms with Gasteiger partial charge in [-0.3, -0.25) is 0 Å². The molecule has 0 amide bonds. The zero-order chi connectivity index (χ0) is 8.93. The lowest BCUT2D eigenvalue weighted by atomic mass is 9.51. The Kier molecular flexibility index (Phi) is 1.76. The standard InChI is InChI=1S/C11H20O/c1-7-8(2)11(3)5-4-9(7)10(12)6-11/h7-10,12H,4-6H2,1-3H3. The summed E-state index contributed by atoms with van der Waals surface area (Å²) in [5.41, 5.74) is 0.438. The van der Waals surface area contributed by atoms with Crippen LogP contribution in [0.3, 0.4) is 0 Å². The minimum atomic E-state index is -0.00468. The Labute approximate surface area is 75.2 Å². The Morgan fingerprint density at radius 2 is 2.00 bits per heavy atom. The average molecular weight is 168 g/mol. The highest BCUT2D eigenvalue weighted by atomic mass is 16.3. The fraction of sp³-hybridized carbons (Fsp3) is 1.00. The van der Waals surface area contributed by atoms with Gasteiger partial charge in [0, 0.05) is 0 Å². The van der Waals surface area contributed by atoms with Gasteiger partial charge in [-0.05, 0) is 42.4 Å². The quantitative estimate of drug-likeness (QED) is 0.589. The molecule has 1 nitrogen and oxygen atoms in total. The van der Waals surface area contributed by atoms with Gasteiger partial charge in [0.05, 0.1) is 6.10 Å². The summed E-state index contributed by atoms with van der Waals surface area (Å²) in [6.45, 7) is 7.03. The number of hydrogen-bond donors (Lipinski definition) is 1. The van der Waals surface area contributed by atoms with Crippen molar-refractivity contribution < 1.29 is 5.11 Å². The molecule has 3 aliphatic rings. The maximum Gasteiger partial charge on any atom is 0.0576 e. The van der Waals surface area contributed by atoms with E-state index >= 15 is 0 Å². The van der Waals surface area contributed by atoms with Crippen LogP contribution >= 0.6 is 0 Å². The first-order valence-electron chi connectivity index (χ1n) is 5.23.